The smallest absolute Gasteiger partial charge is 0.308 e. The van der Waals surface area contributed by atoms with Crippen molar-refractivity contribution in [3.8, 4) is 0 Å². The van der Waals surface area contributed by atoms with Crippen LogP contribution < -0.4 is 4.90 Å². The van der Waals surface area contributed by atoms with Crippen LogP contribution in [0.5, 0.6) is 0 Å². The highest BCUT2D eigenvalue weighted by molar-refractivity contribution is 5.74. The highest BCUT2D eigenvalue weighted by Crippen LogP contribution is 2.37. The van der Waals surface area contributed by atoms with Gasteiger partial charge in [-0.2, -0.15) is 0 Å². The Morgan fingerprint density at radius 1 is 1.45 bits per heavy atom. The van der Waals surface area contributed by atoms with Crippen LogP contribution in [-0.2, 0) is 4.79 Å². The summed E-state index contributed by atoms with van der Waals surface area (Å²) in [4.78, 5) is 22.4. The van der Waals surface area contributed by atoms with E-state index in [-0.39, 0.29) is 19.0 Å². The molecule has 0 radical (unpaired) electrons. The second-order valence-electron chi connectivity index (χ2n) is 4.81. The van der Waals surface area contributed by atoms with E-state index in [0.29, 0.717) is 6.07 Å². The lowest BCUT2D eigenvalue weighted by Crippen LogP contribution is -2.24. The molecule has 1 fully saturated rings. The zero-order chi connectivity index (χ0) is 15.0. The predicted molar refractivity (Wildman–Crippen MR) is 65.5 cm³/mol. The van der Waals surface area contributed by atoms with Crippen LogP contribution in [0.4, 0.5) is 20.2 Å². The van der Waals surface area contributed by atoms with E-state index in [9.17, 15) is 23.7 Å². The molecule has 2 rings (SSSR count). The topological polar surface area (TPSA) is 83.7 Å². The van der Waals surface area contributed by atoms with Crippen LogP contribution in [0, 0.1) is 33.6 Å². The summed E-state index contributed by atoms with van der Waals surface area (Å²) in [6.45, 7) is 1.69. The van der Waals surface area contributed by atoms with E-state index in [4.69, 9.17) is 5.11 Å². The van der Waals surface area contributed by atoms with Crippen LogP contribution in [0.3, 0.4) is 0 Å². The van der Waals surface area contributed by atoms with E-state index in [2.05, 4.69) is 0 Å². The van der Waals surface area contributed by atoms with Crippen LogP contribution in [-0.4, -0.2) is 29.1 Å². The Kier molecular flexibility index (Phi) is 3.56. The third-order valence-corrected chi connectivity index (χ3v) is 3.49. The van der Waals surface area contributed by atoms with Crippen LogP contribution in [0.2, 0.25) is 0 Å². The maximum Gasteiger partial charge on any atom is 0.308 e. The van der Waals surface area contributed by atoms with Gasteiger partial charge in [-0.1, -0.05) is 6.92 Å². The molecule has 0 spiro atoms. The van der Waals surface area contributed by atoms with Crippen molar-refractivity contribution in [1.29, 1.82) is 0 Å². The lowest BCUT2D eigenvalue weighted by atomic mass is 9.99. The molecule has 0 amide bonds. The standard InChI is InChI=1S/C12H12F2N2O4/c1-6-4-15(5-7(6)12(17)18)11-9(16(19)20)3-2-8(13)10(11)14/h2-3,6-7H,4-5H2,1H3,(H,17,18). The van der Waals surface area contributed by atoms with Gasteiger partial charge in [-0.25, -0.2) is 8.78 Å². The van der Waals surface area contributed by atoms with Crippen LogP contribution in [0.1, 0.15) is 6.92 Å². The number of nitro benzene ring substituents is 1. The van der Waals surface area contributed by atoms with Crippen molar-refractivity contribution in [2.75, 3.05) is 18.0 Å². The fourth-order valence-corrected chi connectivity index (χ4v) is 2.45. The minimum Gasteiger partial charge on any atom is -0.481 e. The van der Waals surface area contributed by atoms with Gasteiger partial charge in [0, 0.05) is 19.2 Å². The third-order valence-electron chi connectivity index (χ3n) is 3.49. The Morgan fingerprint density at radius 2 is 2.10 bits per heavy atom. The molecular weight excluding hydrogens is 274 g/mol. The molecule has 1 N–H and O–H groups in total. The molecule has 2 atom stereocenters. The number of rotatable bonds is 3. The molecule has 0 bridgehead atoms. The Balaban J connectivity index is 2.45. The van der Waals surface area contributed by atoms with E-state index in [0.717, 1.165) is 6.07 Å². The van der Waals surface area contributed by atoms with Crippen molar-refractivity contribution < 1.29 is 23.6 Å². The highest BCUT2D eigenvalue weighted by atomic mass is 19.2. The number of hydrogen-bond acceptors (Lipinski definition) is 4. The molecular formula is C12H12F2N2O4. The van der Waals surface area contributed by atoms with Gasteiger partial charge in [-0.15, -0.1) is 0 Å². The number of aliphatic carboxylic acids is 1. The van der Waals surface area contributed by atoms with Gasteiger partial charge in [0.2, 0.25) is 0 Å². The molecule has 1 aliphatic heterocycles. The van der Waals surface area contributed by atoms with Crippen molar-refractivity contribution in [1.82, 2.24) is 0 Å². The third kappa shape index (κ3) is 2.28. The molecule has 1 saturated heterocycles. The van der Waals surface area contributed by atoms with E-state index in [1.807, 2.05) is 0 Å². The number of nitrogens with zero attached hydrogens (tertiary/aromatic N) is 2. The molecule has 0 aromatic heterocycles. The van der Waals surface area contributed by atoms with E-state index in [1.165, 1.54) is 4.90 Å². The molecule has 1 aromatic carbocycles. The summed E-state index contributed by atoms with van der Waals surface area (Å²) in [5.74, 6) is -4.65. The summed E-state index contributed by atoms with van der Waals surface area (Å²) in [5.41, 5.74) is -1.05. The zero-order valence-electron chi connectivity index (χ0n) is 10.5. The molecule has 6 nitrogen and oxygen atoms in total. The van der Waals surface area contributed by atoms with Gasteiger partial charge in [0.1, 0.15) is 0 Å². The summed E-state index contributed by atoms with van der Waals surface area (Å²) in [6, 6.07) is 1.57. The number of benzene rings is 1. The minimum absolute atomic E-state index is 0.0856. The van der Waals surface area contributed by atoms with Crippen LogP contribution in [0.25, 0.3) is 0 Å². The quantitative estimate of drug-likeness (QED) is 0.679. The Morgan fingerprint density at radius 3 is 2.60 bits per heavy atom. The van der Waals surface area contributed by atoms with Crippen molar-refractivity contribution >= 4 is 17.3 Å². The summed E-state index contributed by atoms with van der Waals surface area (Å²) in [6.07, 6.45) is 0. The highest BCUT2D eigenvalue weighted by Gasteiger charge is 2.39. The maximum atomic E-state index is 13.9. The average Bonchev–Trinajstić information content (AvgIpc) is 2.74. The van der Waals surface area contributed by atoms with Crippen molar-refractivity contribution in [3.63, 3.8) is 0 Å². The number of carbonyl (C=O) groups is 1. The second-order valence-corrected chi connectivity index (χ2v) is 4.81. The van der Waals surface area contributed by atoms with E-state index < -0.39 is 39.8 Å². The van der Waals surface area contributed by atoms with Gasteiger partial charge in [-0.3, -0.25) is 14.9 Å². The summed E-state index contributed by atoms with van der Waals surface area (Å²) in [7, 11) is 0. The number of hydrogen-bond donors (Lipinski definition) is 1. The van der Waals surface area contributed by atoms with Gasteiger partial charge in [-0.05, 0) is 12.0 Å². The molecule has 1 heterocycles. The monoisotopic (exact) mass is 286 g/mol. The van der Waals surface area contributed by atoms with Gasteiger partial charge in [0.25, 0.3) is 5.69 Å². The zero-order valence-corrected chi connectivity index (χ0v) is 10.5. The van der Waals surface area contributed by atoms with E-state index in [1.54, 1.807) is 6.92 Å². The molecule has 1 aliphatic rings. The number of carboxylic acids is 1. The number of carboxylic acid groups (broad SMARTS) is 1. The first-order valence-electron chi connectivity index (χ1n) is 5.93. The number of anilines is 1. The van der Waals surface area contributed by atoms with Gasteiger partial charge >= 0.3 is 5.97 Å². The normalized spacial score (nSPS) is 22.1. The van der Waals surface area contributed by atoms with Crippen LogP contribution in [0.15, 0.2) is 12.1 Å². The Bertz CT molecular complexity index is 579. The van der Waals surface area contributed by atoms with Gasteiger partial charge in [0.05, 0.1) is 10.8 Å². The van der Waals surface area contributed by atoms with Crippen molar-refractivity contribution in [2.24, 2.45) is 11.8 Å². The van der Waals surface area contributed by atoms with E-state index >= 15 is 0 Å². The Hall–Kier alpha value is -2.25. The first-order chi connectivity index (χ1) is 9.32. The number of halogens is 2. The van der Waals surface area contributed by atoms with Gasteiger partial charge < -0.3 is 10.0 Å². The Labute approximate surface area is 112 Å². The fourth-order valence-electron chi connectivity index (χ4n) is 2.45. The first kappa shape index (κ1) is 14.2. The first-order valence-corrected chi connectivity index (χ1v) is 5.93. The molecule has 0 saturated carbocycles. The SMILES string of the molecule is CC1CN(c2c([N+](=O)[O-])ccc(F)c2F)CC1C(=O)O. The molecule has 0 aliphatic carbocycles. The molecule has 8 heteroatoms. The molecule has 20 heavy (non-hydrogen) atoms. The van der Waals surface area contributed by atoms with Crippen LogP contribution >= 0.6 is 0 Å². The number of nitro groups is 1. The summed E-state index contributed by atoms with van der Waals surface area (Å²) >= 11 is 0. The lowest BCUT2D eigenvalue weighted by molar-refractivity contribution is -0.384. The summed E-state index contributed by atoms with van der Waals surface area (Å²) < 4.78 is 27.1. The predicted octanol–water partition coefficient (Wildman–Crippen LogP) is 2.03. The van der Waals surface area contributed by atoms with Crippen molar-refractivity contribution in [2.45, 2.75) is 6.92 Å². The molecule has 2 unspecified atom stereocenters. The summed E-state index contributed by atoms with van der Waals surface area (Å²) in [5, 5.41) is 19.9. The minimum atomic E-state index is -1.32. The maximum absolute atomic E-state index is 13.9. The van der Waals surface area contributed by atoms with Gasteiger partial charge in [0.15, 0.2) is 17.3 Å². The lowest BCUT2D eigenvalue weighted by Gasteiger charge is -2.18. The fraction of sp³-hybridized carbons (Fsp3) is 0.417. The second kappa shape index (κ2) is 5.03. The molecule has 108 valence electrons. The molecule has 1 aromatic rings. The largest absolute Gasteiger partial charge is 0.481 e. The average molecular weight is 286 g/mol. The van der Waals surface area contributed by atoms with Crippen molar-refractivity contribution in [3.05, 3.63) is 33.9 Å².